The molecule has 0 bridgehead atoms. The first-order valence-corrected chi connectivity index (χ1v) is 11.0. The van der Waals surface area contributed by atoms with Crippen molar-refractivity contribution in [1.29, 1.82) is 0 Å². The molecule has 4 rings (SSSR count). The summed E-state index contributed by atoms with van der Waals surface area (Å²) in [6, 6.07) is 15.8. The highest BCUT2D eigenvalue weighted by molar-refractivity contribution is 6.01. The van der Waals surface area contributed by atoms with Crippen molar-refractivity contribution in [3.8, 4) is 5.75 Å². The van der Waals surface area contributed by atoms with E-state index in [4.69, 9.17) is 19.6 Å². The SMILES string of the molecule is CCCN1Cc2ccccc2C[C@]2(N=C(c3ccc(OCCCO)cc3)O[C@@H]2C)C1=O. The molecule has 0 unspecified atom stereocenters. The summed E-state index contributed by atoms with van der Waals surface area (Å²) in [4.78, 5) is 20.6. The molecule has 164 valence electrons. The zero-order valence-corrected chi connectivity index (χ0v) is 18.2. The summed E-state index contributed by atoms with van der Waals surface area (Å²) in [5.41, 5.74) is 2.21. The molecular formula is C25H30N2O4. The summed E-state index contributed by atoms with van der Waals surface area (Å²) in [6.45, 7) is 5.92. The third-order valence-corrected chi connectivity index (χ3v) is 6.03. The van der Waals surface area contributed by atoms with Crippen molar-refractivity contribution in [3.63, 3.8) is 0 Å². The van der Waals surface area contributed by atoms with Gasteiger partial charge in [0, 0.05) is 38.1 Å². The van der Waals surface area contributed by atoms with E-state index < -0.39 is 5.54 Å². The van der Waals surface area contributed by atoms with Crippen molar-refractivity contribution in [2.75, 3.05) is 19.8 Å². The predicted octanol–water partition coefficient (Wildman–Crippen LogP) is 3.35. The Morgan fingerprint density at radius 2 is 1.94 bits per heavy atom. The highest BCUT2D eigenvalue weighted by Crippen LogP contribution is 2.37. The molecule has 31 heavy (non-hydrogen) atoms. The fourth-order valence-electron chi connectivity index (χ4n) is 4.30. The van der Waals surface area contributed by atoms with E-state index in [0.29, 0.717) is 38.4 Å². The largest absolute Gasteiger partial charge is 0.494 e. The van der Waals surface area contributed by atoms with Gasteiger partial charge in [0.15, 0.2) is 5.54 Å². The first-order valence-electron chi connectivity index (χ1n) is 11.0. The molecule has 6 nitrogen and oxygen atoms in total. The van der Waals surface area contributed by atoms with Crippen molar-refractivity contribution in [1.82, 2.24) is 4.90 Å². The van der Waals surface area contributed by atoms with Gasteiger partial charge in [-0.25, -0.2) is 4.99 Å². The van der Waals surface area contributed by atoms with Gasteiger partial charge in [-0.3, -0.25) is 4.79 Å². The van der Waals surface area contributed by atoms with E-state index in [9.17, 15) is 4.79 Å². The maximum absolute atomic E-state index is 13.7. The number of aliphatic hydroxyl groups excluding tert-OH is 1. The van der Waals surface area contributed by atoms with Gasteiger partial charge in [0.25, 0.3) is 5.91 Å². The molecular weight excluding hydrogens is 392 g/mol. The third kappa shape index (κ3) is 4.17. The lowest BCUT2D eigenvalue weighted by Gasteiger charge is -2.31. The van der Waals surface area contributed by atoms with E-state index in [0.717, 1.165) is 23.3 Å². The Kier molecular flexibility index (Phi) is 6.28. The number of hydrogen-bond donors (Lipinski definition) is 1. The average molecular weight is 423 g/mol. The highest BCUT2D eigenvalue weighted by Gasteiger charge is 2.53. The zero-order chi connectivity index (χ0) is 21.8. The zero-order valence-electron chi connectivity index (χ0n) is 18.2. The van der Waals surface area contributed by atoms with Crippen LogP contribution in [0.3, 0.4) is 0 Å². The van der Waals surface area contributed by atoms with Crippen LogP contribution in [0.25, 0.3) is 0 Å². The summed E-state index contributed by atoms with van der Waals surface area (Å²) in [7, 11) is 0. The molecule has 2 aliphatic rings. The summed E-state index contributed by atoms with van der Waals surface area (Å²) >= 11 is 0. The number of amides is 1. The summed E-state index contributed by atoms with van der Waals surface area (Å²) in [5, 5.41) is 8.89. The Balaban J connectivity index is 1.66. The molecule has 0 radical (unpaired) electrons. The normalized spacial score (nSPS) is 22.7. The molecule has 6 heteroatoms. The van der Waals surface area contributed by atoms with E-state index in [2.05, 4.69) is 19.1 Å². The van der Waals surface area contributed by atoms with Crippen LogP contribution >= 0.6 is 0 Å². The second-order valence-corrected chi connectivity index (χ2v) is 8.22. The number of aliphatic hydroxyl groups is 1. The smallest absolute Gasteiger partial charge is 0.255 e. The van der Waals surface area contributed by atoms with Crippen molar-refractivity contribution in [2.45, 2.75) is 51.3 Å². The van der Waals surface area contributed by atoms with Crippen molar-refractivity contribution >= 4 is 11.8 Å². The van der Waals surface area contributed by atoms with Crippen LogP contribution in [0.15, 0.2) is 53.5 Å². The quantitative estimate of drug-likeness (QED) is 0.695. The van der Waals surface area contributed by atoms with Gasteiger partial charge in [0.1, 0.15) is 11.9 Å². The molecule has 2 aromatic carbocycles. The number of aliphatic imine (C=N–C) groups is 1. The molecule has 0 saturated heterocycles. The standard InChI is InChI=1S/C25H30N2O4/c1-3-13-27-17-21-8-5-4-7-20(21)16-25(24(27)29)18(2)31-23(26-25)19-9-11-22(12-10-19)30-15-6-14-28/h4-5,7-12,18,28H,3,6,13-17H2,1-2H3/t18-,25-/m1/s1. The Bertz CT molecular complexity index is 956. The van der Waals surface area contributed by atoms with Gasteiger partial charge < -0.3 is 19.5 Å². The molecule has 0 aromatic heterocycles. The van der Waals surface area contributed by atoms with Gasteiger partial charge in [0.2, 0.25) is 5.90 Å². The van der Waals surface area contributed by atoms with Crippen LogP contribution in [-0.2, 0) is 22.5 Å². The van der Waals surface area contributed by atoms with Crippen LogP contribution in [0, 0.1) is 0 Å². The van der Waals surface area contributed by atoms with Gasteiger partial charge in [-0.2, -0.15) is 0 Å². The van der Waals surface area contributed by atoms with Gasteiger partial charge in [-0.05, 0) is 48.7 Å². The van der Waals surface area contributed by atoms with E-state index in [-0.39, 0.29) is 18.6 Å². The fraction of sp³-hybridized carbons (Fsp3) is 0.440. The fourth-order valence-corrected chi connectivity index (χ4v) is 4.30. The Morgan fingerprint density at radius 3 is 2.65 bits per heavy atom. The molecule has 1 amide bonds. The molecule has 2 aliphatic heterocycles. The molecule has 1 spiro atoms. The van der Waals surface area contributed by atoms with Crippen LogP contribution in [-0.4, -0.2) is 53.2 Å². The Hall–Kier alpha value is -2.86. The first-order chi connectivity index (χ1) is 15.1. The lowest BCUT2D eigenvalue weighted by atomic mass is 9.85. The van der Waals surface area contributed by atoms with Crippen LogP contribution in [0.1, 0.15) is 43.4 Å². The van der Waals surface area contributed by atoms with Gasteiger partial charge in [-0.15, -0.1) is 0 Å². The lowest BCUT2D eigenvalue weighted by molar-refractivity contribution is -0.139. The maximum atomic E-state index is 13.7. The highest BCUT2D eigenvalue weighted by atomic mass is 16.5. The molecule has 2 heterocycles. The second kappa shape index (κ2) is 9.10. The third-order valence-electron chi connectivity index (χ3n) is 6.03. The minimum atomic E-state index is -0.951. The van der Waals surface area contributed by atoms with Crippen molar-refractivity contribution in [3.05, 3.63) is 65.2 Å². The number of rotatable bonds is 7. The summed E-state index contributed by atoms with van der Waals surface area (Å²) in [6.07, 6.45) is 1.67. The van der Waals surface area contributed by atoms with Crippen molar-refractivity contribution in [2.24, 2.45) is 4.99 Å². The van der Waals surface area contributed by atoms with Crippen LogP contribution in [0.2, 0.25) is 0 Å². The lowest BCUT2D eigenvalue weighted by Crippen LogP contribution is -2.52. The number of fused-ring (bicyclic) bond motifs is 1. The number of benzene rings is 2. The first kappa shape index (κ1) is 21.4. The van der Waals surface area contributed by atoms with Gasteiger partial charge in [-0.1, -0.05) is 31.2 Å². The monoisotopic (exact) mass is 422 g/mol. The molecule has 0 fully saturated rings. The Labute approximate surface area is 183 Å². The van der Waals surface area contributed by atoms with Gasteiger partial charge >= 0.3 is 0 Å². The van der Waals surface area contributed by atoms with Gasteiger partial charge in [0.05, 0.1) is 6.61 Å². The van der Waals surface area contributed by atoms with E-state index >= 15 is 0 Å². The van der Waals surface area contributed by atoms with E-state index in [1.807, 2.05) is 48.2 Å². The second-order valence-electron chi connectivity index (χ2n) is 8.22. The molecule has 2 aromatic rings. The number of hydrogen-bond acceptors (Lipinski definition) is 5. The maximum Gasteiger partial charge on any atom is 0.255 e. The average Bonchev–Trinajstić information content (AvgIpc) is 3.05. The number of carbonyl (C=O) groups excluding carboxylic acids is 1. The topological polar surface area (TPSA) is 71.4 Å². The van der Waals surface area contributed by atoms with E-state index in [1.165, 1.54) is 5.56 Å². The number of carbonyl (C=O) groups is 1. The molecule has 0 aliphatic carbocycles. The van der Waals surface area contributed by atoms with Crippen molar-refractivity contribution < 1.29 is 19.4 Å². The van der Waals surface area contributed by atoms with Crippen LogP contribution < -0.4 is 4.74 Å². The summed E-state index contributed by atoms with van der Waals surface area (Å²) < 4.78 is 11.8. The molecule has 2 atom stereocenters. The molecule has 0 saturated carbocycles. The Morgan fingerprint density at radius 1 is 1.19 bits per heavy atom. The van der Waals surface area contributed by atoms with Crippen LogP contribution in [0.5, 0.6) is 5.75 Å². The minimum Gasteiger partial charge on any atom is -0.494 e. The minimum absolute atomic E-state index is 0.0389. The molecule has 1 N–H and O–H groups in total. The number of nitrogens with zero attached hydrogens (tertiary/aromatic N) is 2. The summed E-state index contributed by atoms with van der Waals surface area (Å²) in [5.74, 6) is 1.27. The predicted molar refractivity (Wildman–Crippen MR) is 119 cm³/mol. The van der Waals surface area contributed by atoms with Crippen LogP contribution in [0.4, 0.5) is 0 Å². The number of ether oxygens (including phenoxy) is 2. The van der Waals surface area contributed by atoms with E-state index in [1.54, 1.807) is 0 Å².